The summed E-state index contributed by atoms with van der Waals surface area (Å²) < 4.78 is 13.4. The Labute approximate surface area is 196 Å². The average Bonchev–Trinajstić information content (AvgIpc) is 3.04. The highest BCUT2D eigenvalue weighted by molar-refractivity contribution is 5.78. The van der Waals surface area contributed by atoms with Crippen LogP contribution in [-0.4, -0.2) is 19.1 Å². The van der Waals surface area contributed by atoms with Crippen molar-refractivity contribution in [3.63, 3.8) is 0 Å². The first kappa shape index (κ1) is 30.0. The van der Waals surface area contributed by atoms with Gasteiger partial charge in [0.05, 0.1) is 0 Å². The monoisotopic (exact) mass is 443 g/mol. The van der Waals surface area contributed by atoms with Gasteiger partial charge in [0.15, 0.2) is 0 Å². The van der Waals surface area contributed by atoms with Crippen LogP contribution in [0.2, 0.25) is 0 Å². The molecular weight excluding hydrogens is 397 g/mol. The minimum atomic E-state index is -0.179. The number of hydrogen-bond acceptors (Lipinski definition) is 3. The van der Waals surface area contributed by atoms with Crippen LogP contribution >= 0.6 is 0 Å². The third kappa shape index (κ3) is 11.6. The van der Waals surface area contributed by atoms with Gasteiger partial charge in [0.1, 0.15) is 5.83 Å². The van der Waals surface area contributed by atoms with Crippen LogP contribution in [0.1, 0.15) is 78.0 Å². The lowest BCUT2D eigenvalue weighted by Gasteiger charge is -2.12. The van der Waals surface area contributed by atoms with Crippen molar-refractivity contribution in [2.45, 2.75) is 73.9 Å². The fourth-order valence-corrected chi connectivity index (χ4v) is 2.98. The number of hydrogen-bond donors (Lipinski definition) is 3. The third-order valence-corrected chi connectivity index (χ3v) is 5.27. The Balaban J connectivity index is 0.000000911. The zero-order valence-corrected chi connectivity index (χ0v) is 21.3. The maximum Gasteiger partial charge on any atom is 0.119 e. The van der Waals surface area contributed by atoms with Crippen molar-refractivity contribution in [3.05, 3.63) is 71.1 Å². The molecule has 1 aliphatic carbocycles. The predicted molar refractivity (Wildman–Crippen MR) is 142 cm³/mol. The normalized spacial score (nSPS) is 14.4. The smallest absolute Gasteiger partial charge is 0.119 e. The molecule has 0 saturated heterocycles. The highest BCUT2D eigenvalue weighted by Gasteiger charge is 2.07. The standard InChI is InChI=1S/C20H25FN2.C6H15N.C2H6/c1-3-15(2)18-11-16(14-23-10-9-22)12-19(13-18)17-5-4-6-20(21)8-7-17;1-4-6(7)5(2)3;1-2/h3,5-8,11-13,23H,4,9-10,14,22H2,1-2H3;5-6H,4,7H2,1-3H3;1-2H3/b15-3+;;. The Morgan fingerprint density at radius 1 is 1.16 bits per heavy atom. The van der Waals surface area contributed by atoms with Gasteiger partial charge in [-0.3, -0.25) is 0 Å². The first-order chi connectivity index (χ1) is 15.3. The first-order valence-corrected chi connectivity index (χ1v) is 12.0. The van der Waals surface area contributed by atoms with Gasteiger partial charge in [0.2, 0.25) is 0 Å². The zero-order valence-electron chi connectivity index (χ0n) is 21.3. The number of benzene rings is 1. The predicted octanol–water partition coefficient (Wildman–Crippen LogP) is 6.76. The summed E-state index contributed by atoms with van der Waals surface area (Å²) in [5.74, 6) is 0.465. The highest BCUT2D eigenvalue weighted by atomic mass is 19.1. The number of nitrogens with two attached hydrogens (primary N) is 2. The van der Waals surface area contributed by atoms with Crippen molar-refractivity contribution in [2.75, 3.05) is 13.1 Å². The Hall–Kier alpha value is -2.01. The molecule has 3 nitrogen and oxygen atoms in total. The SMILES string of the molecule is C/C=C(\C)c1cc(CNCCN)cc(C2=CCC=C(F)C=C2)c1.CC.CCC(N)C(C)C. The lowest BCUT2D eigenvalue weighted by molar-refractivity contribution is 0.481. The van der Waals surface area contributed by atoms with Gasteiger partial charge in [-0.15, -0.1) is 0 Å². The van der Waals surface area contributed by atoms with E-state index in [0.717, 1.165) is 30.6 Å². The first-order valence-electron chi connectivity index (χ1n) is 12.0. The number of allylic oxidation sites excluding steroid dienone is 8. The van der Waals surface area contributed by atoms with E-state index in [-0.39, 0.29) is 5.83 Å². The number of nitrogens with one attached hydrogen (secondary N) is 1. The van der Waals surface area contributed by atoms with Crippen molar-refractivity contribution in [3.8, 4) is 0 Å². The van der Waals surface area contributed by atoms with E-state index in [9.17, 15) is 4.39 Å². The van der Waals surface area contributed by atoms with E-state index in [1.165, 1.54) is 22.8 Å². The van der Waals surface area contributed by atoms with Gasteiger partial charge in [-0.05, 0) is 84.7 Å². The van der Waals surface area contributed by atoms with E-state index in [1.807, 2.05) is 26.8 Å². The molecule has 0 heterocycles. The van der Waals surface area contributed by atoms with Gasteiger partial charge in [-0.2, -0.15) is 0 Å². The maximum absolute atomic E-state index is 13.4. The summed E-state index contributed by atoms with van der Waals surface area (Å²) in [6.45, 7) is 16.7. The minimum Gasteiger partial charge on any atom is -0.329 e. The van der Waals surface area contributed by atoms with Crippen LogP contribution in [-0.2, 0) is 6.54 Å². The minimum absolute atomic E-state index is 0.179. The topological polar surface area (TPSA) is 64.1 Å². The van der Waals surface area contributed by atoms with E-state index in [1.54, 1.807) is 6.08 Å². The molecule has 32 heavy (non-hydrogen) atoms. The van der Waals surface area contributed by atoms with Crippen molar-refractivity contribution in [1.82, 2.24) is 5.32 Å². The molecule has 0 aliphatic heterocycles. The van der Waals surface area contributed by atoms with E-state index >= 15 is 0 Å². The van der Waals surface area contributed by atoms with Crippen molar-refractivity contribution in [1.29, 1.82) is 0 Å². The van der Waals surface area contributed by atoms with E-state index < -0.39 is 0 Å². The number of rotatable bonds is 8. The Morgan fingerprint density at radius 3 is 2.38 bits per heavy atom. The molecule has 180 valence electrons. The molecule has 1 aliphatic rings. The molecule has 5 N–H and O–H groups in total. The second kappa shape index (κ2) is 17.5. The quantitative estimate of drug-likeness (QED) is 0.389. The van der Waals surface area contributed by atoms with E-state index in [4.69, 9.17) is 11.5 Å². The van der Waals surface area contributed by atoms with Crippen molar-refractivity contribution >= 4 is 11.1 Å². The van der Waals surface area contributed by atoms with Gasteiger partial charge in [0.25, 0.3) is 0 Å². The van der Waals surface area contributed by atoms with Gasteiger partial charge in [-0.1, -0.05) is 58.9 Å². The average molecular weight is 444 g/mol. The molecule has 4 heteroatoms. The zero-order chi connectivity index (χ0) is 24.5. The van der Waals surface area contributed by atoms with Crippen molar-refractivity contribution < 1.29 is 4.39 Å². The summed E-state index contributed by atoms with van der Waals surface area (Å²) in [7, 11) is 0. The summed E-state index contributed by atoms with van der Waals surface area (Å²) in [6, 6.07) is 6.93. The van der Waals surface area contributed by atoms with Gasteiger partial charge in [0, 0.05) is 25.7 Å². The molecular formula is C28H46FN3. The molecule has 0 aromatic heterocycles. The molecule has 1 aromatic carbocycles. The lowest BCUT2D eigenvalue weighted by Crippen LogP contribution is -2.24. The summed E-state index contributed by atoms with van der Waals surface area (Å²) >= 11 is 0. The van der Waals surface area contributed by atoms with Crippen molar-refractivity contribution in [2.24, 2.45) is 17.4 Å². The lowest BCUT2D eigenvalue weighted by atomic mass is 9.95. The molecule has 0 saturated carbocycles. The molecule has 0 amide bonds. The van der Waals surface area contributed by atoms with E-state index in [2.05, 4.69) is 63.4 Å². The maximum atomic E-state index is 13.4. The second-order valence-corrected chi connectivity index (χ2v) is 7.99. The van der Waals surface area contributed by atoms with Crippen LogP contribution in [0, 0.1) is 5.92 Å². The van der Waals surface area contributed by atoms with Crippen LogP contribution in [0.4, 0.5) is 4.39 Å². The van der Waals surface area contributed by atoms with Crippen LogP contribution in [0.15, 0.2) is 54.4 Å². The molecule has 1 atom stereocenters. The number of halogens is 1. The molecule has 1 aromatic rings. The van der Waals surface area contributed by atoms with Crippen LogP contribution < -0.4 is 16.8 Å². The molecule has 0 bridgehead atoms. The summed E-state index contributed by atoms with van der Waals surface area (Å²) in [5.41, 5.74) is 17.0. The summed E-state index contributed by atoms with van der Waals surface area (Å²) in [6.07, 6.45) is 10.8. The van der Waals surface area contributed by atoms with Crippen LogP contribution in [0.25, 0.3) is 11.1 Å². The molecule has 2 rings (SSSR count). The fraction of sp³-hybridized carbons (Fsp3) is 0.500. The summed E-state index contributed by atoms with van der Waals surface area (Å²) in [5, 5.41) is 3.33. The second-order valence-electron chi connectivity index (χ2n) is 7.99. The Bertz CT molecular complexity index is 773. The van der Waals surface area contributed by atoms with Crippen LogP contribution in [0.3, 0.4) is 0 Å². The van der Waals surface area contributed by atoms with Gasteiger partial charge < -0.3 is 16.8 Å². The largest absolute Gasteiger partial charge is 0.329 e. The van der Waals surface area contributed by atoms with Gasteiger partial charge in [-0.25, -0.2) is 4.39 Å². The molecule has 0 fully saturated rings. The molecule has 1 unspecified atom stereocenters. The molecule has 0 spiro atoms. The van der Waals surface area contributed by atoms with Crippen LogP contribution in [0.5, 0.6) is 0 Å². The van der Waals surface area contributed by atoms with Gasteiger partial charge >= 0.3 is 0 Å². The summed E-state index contributed by atoms with van der Waals surface area (Å²) in [4.78, 5) is 0. The third-order valence-electron chi connectivity index (χ3n) is 5.27. The Morgan fingerprint density at radius 2 is 1.84 bits per heavy atom. The Kier molecular flexibility index (Phi) is 16.4. The highest BCUT2D eigenvalue weighted by Crippen LogP contribution is 2.26. The van der Waals surface area contributed by atoms with E-state index in [0.29, 0.717) is 24.9 Å². The molecule has 0 radical (unpaired) electrons. The fourth-order valence-electron chi connectivity index (χ4n) is 2.98.